The lowest BCUT2D eigenvalue weighted by molar-refractivity contribution is -0.114. The summed E-state index contributed by atoms with van der Waals surface area (Å²) in [5.41, 5.74) is 0.895. The molecule has 3 aromatic rings. The molecule has 0 radical (unpaired) electrons. The number of rotatable bonds is 5. The van der Waals surface area contributed by atoms with Crippen LogP contribution in [0.25, 0.3) is 11.4 Å². The predicted octanol–water partition coefficient (Wildman–Crippen LogP) is 2.56. The Bertz CT molecular complexity index is 861. The Kier molecular flexibility index (Phi) is 4.81. The molecule has 10 heteroatoms. The van der Waals surface area contributed by atoms with E-state index < -0.39 is 0 Å². The van der Waals surface area contributed by atoms with Gasteiger partial charge >= 0.3 is 6.01 Å². The highest BCUT2D eigenvalue weighted by Crippen LogP contribution is 2.23. The number of nitrogens with one attached hydrogen (secondary N) is 1. The number of thioether (sulfide) groups is 1. The summed E-state index contributed by atoms with van der Waals surface area (Å²) in [7, 11) is 1.84. The lowest BCUT2D eigenvalue weighted by Crippen LogP contribution is -2.14. The minimum atomic E-state index is -0.264. The van der Waals surface area contributed by atoms with E-state index in [4.69, 9.17) is 16.1 Å². The third kappa shape index (κ3) is 3.74. The highest BCUT2D eigenvalue weighted by molar-refractivity contribution is 7.99. The molecule has 0 saturated carbocycles. The van der Waals surface area contributed by atoms with Gasteiger partial charge in [-0.1, -0.05) is 28.5 Å². The summed E-state index contributed by atoms with van der Waals surface area (Å²) >= 11 is 7.15. The van der Waals surface area contributed by atoms with Gasteiger partial charge in [0.2, 0.25) is 5.91 Å². The maximum Gasteiger partial charge on any atom is 0.328 e. The van der Waals surface area contributed by atoms with Crippen molar-refractivity contribution in [3.63, 3.8) is 0 Å². The number of hydrogen-bond donors (Lipinski definition) is 1. The fourth-order valence-electron chi connectivity index (χ4n) is 1.92. The van der Waals surface area contributed by atoms with Crippen molar-refractivity contribution in [2.24, 2.45) is 7.05 Å². The third-order valence-electron chi connectivity index (χ3n) is 3.04. The quantitative estimate of drug-likeness (QED) is 0.694. The van der Waals surface area contributed by atoms with Crippen molar-refractivity contribution in [2.45, 2.75) is 12.1 Å². The predicted molar refractivity (Wildman–Crippen MR) is 89.8 cm³/mol. The van der Waals surface area contributed by atoms with Crippen LogP contribution in [0.5, 0.6) is 0 Å². The van der Waals surface area contributed by atoms with Crippen molar-refractivity contribution in [3.8, 4) is 11.4 Å². The smallest absolute Gasteiger partial charge is 0.315 e. The minimum absolute atomic E-state index is 0.0814. The number of hydrogen-bond acceptors (Lipinski definition) is 7. The van der Waals surface area contributed by atoms with E-state index in [1.54, 1.807) is 19.1 Å². The summed E-state index contributed by atoms with van der Waals surface area (Å²) in [5, 5.41) is 15.7. The monoisotopic (exact) mass is 364 g/mol. The first-order valence-electron chi connectivity index (χ1n) is 6.91. The summed E-state index contributed by atoms with van der Waals surface area (Å²) < 4.78 is 6.65. The van der Waals surface area contributed by atoms with Crippen LogP contribution >= 0.6 is 23.4 Å². The minimum Gasteiger partial charge on any atom is -0.315 e. The molecule has 3 rings (SSSR count). The van der Waals surface area contributed by atoms with Crippen LogP contribution in [-0.4, -0.2) is 36.6 Å². The van der Waals surface area contributed by atoms with Gasteiger partial charge in [0.25, 0.3) is 0 Å². The van der Waals surface area contributed by atoms with Gasteiger partial charge in [-0.25, -0.2) is 0 Å². The van der Waals surface area contributed by atoms with Gasteiger partial charge in [-0.3, -0.25) is 10.1 Å². The van der Waals surface area contributed by atoms with Crippen molar-refractivity contribution >= 4 is 35.3 Å². The topological polar surface area (TPSA) is 98.7 Å². The van der Waals surface area contributed by atoms with Gasteiger partial charge in [-0.15, -0.1) is 10.2 Å². The first-order valence-corrected chi connectivity index (χ1v) is 8.27. The molecule has 24 heavy (non-hydrogen) atoms. The van der Waals surface area contributed by atoms with Gasteiger partial charge in [-0.2, -0.15) is 4.98 Å². The third-order valence-corrected chi connectivity index (χ3v) is 4.32. The Morgan fingerprint density at radius 1 is 1.33 bits per heavy atom. The van der Waals surface area contributed by atoms with E-state index in [0.29, 0.717) is 21.8 Å². The van der Waals surface area contributed by atoms with Crippen LogP contribution < -0.4 is 5.32 Å². The number of carbonyl (C=O) groups is 1. The average molecular weight is 365 g/mol. The van der Waals surface area contributed by atoms with Gasteiger partial charge in [-0.05, 0) is 31.2 Å². The van der Waals surface area contributed by atoms with Gasteiger partial charge in [0.1, 0.15) is 0 Å². The first kappa shape index (κ1) is 16.5. The summed E-state index contributed by atoms with van der Waals surface area (Å²) in [6.45, 7) is 1.67. The van der Waals surface area contributed by atoms with E-state index in [2.05, 4.69) is 25.7 Å². The molecule has 124 valence electrons. The van der Waals surface area contributed by atoms with Crippen molar-refractivity contribution < 1.29 is 9.32 Å². The molecular formula is C14H13ClN6O2S. The van der Waals surface area contributed by atoms with Crippen molar-refractivity contribution in [2.75, 3.05) is 11.1 Å². The lowest BCUT2D eigenvalue weighted by Gasteiger charge is -2.04. The van der Waals surface area contributed by atoms with Gasteiger partial charge in [0.05, 0.1) is 5.75 Å². The van der Waals surface area contributed by atoms with Crippen molar-refractivity contribution in [3.05, 3.63) is 35.1 Å². The van der Waals surface area contributed by atoms with Crippen molar-refractivity contribution in [1.82, 2.24) is 24.9 Å². The average Bonchev–Trinajstić information content (AvgIpc) is 3.12. The van der Waals surface area contributed by atoms with Gasteiger partial charge in [0, 0.05) is 17.6 Å². The van der Waals surface area contributed by atoms with Crippen LogP contribution in [0, 0.1) is 6.92 Å². The number of anilines is 1. The fourth-order valence-corrected chi connectivity index (χ4v) is 2.76. The number of carbonyl (C=O) groups excluding carboxylic acids is 1. The zero-order chi connectivity index (χ0) is 17.1. The fraction of sp³-hybridized carbons (Fsp3) is 0.214. The molecule has 0 aliphatic rings. The van der Waals surface area contributed by atoms with Crippen LogP contribution in [0.1, 0.15) is 5.82 Å². The second-order valence-electron chi connectivity index (χ2n) is 4.86. The molecule has 1 N–H and O–H groups in total. The lowest BCUT2D eigenvalue weighted by atomic mass is 10.2. The van der Waals surface area contributed by atoms with Gasteiger partial charge < -0.3 is 9.09 Å². The number of aryl methyl sites for hydroxylation is 1. The zero-order valence-electron chi connectivity index (χ0n) is 12.9. The molecule has 0 spiro atoms. The number of nitrogens with zero attached hydrogens (tertiary/aromatic N) is 5. The van der Waals surface area contributed by atoms with E-state index in [-0.39, 0.29) is 17.7 Å². The van der Waals surface area contributed by atoms with Crippen LogP contribution in [-0.2, 0) is 11.8 Å². The second-order valence-corrected chi connectivity index (χ2v) is 6.23. The summed E-state index contributed by atoms with van der Waals surface area (Å²) in [6.07, 6.45) is 0. The number of halogens is 1. The standard InChI is InChI=1S/C14H13ClN6O2S/c1-8-16-13(23-20-8)17-11(22)7-24-14-19-18-12(21(14)2)9-3-5-10(15)6-4-9/h3-6H,7H2,1-2H3,(H,16,17,20,22). The largest absolute Gasteiger partial charge is 0.328 e. The molecule has 0 saturated heterocycles. The Morgan fingerprint density at radius 2 is 2.08 bits per heavy atom. The molecule has 2 aromatic heterocycles. The molecular weight excluding hydrogens is 352 g/mol. The summed E-state index contributed by atoms with van der Waals surface area (Å²) in [5.74, 6) is 1.04. The Balaban J connectivity index is 1.63. The van der Waals surface area contributed by atoms with E-state index in [1.165, 1.54) is 11.8 Å². The van der Waals surface area contributed by atoms with E-state index in [9.17, 15) is 4.79 Å². The Hall–Kier alpha value is -2.39. The second kappa shape index (κ2) is 7.02. The molecule has 1 amide bonds. The highest BCUT2D eigenvalue weighted by Gasteiger charge is 2.14. The number of amides is 1. The maximum atomic E-state index is 11.9. The van der Waals surface area contributed by atoms with Crippen LogP contribution in [0.2, 0.25) is 5.02 Å². The van der Waals surface area contributed by atoms with E-state index in [0.717, 1.165) is 5.56 Å². The summed E-state index contributed by atoms with van der Waals surface area (Å²) in [6, 6.07) is 7.39. The molecule has 0 atom stereocenters. The molecule has 0 fully saturated rings. The number of benzene rings is 1. The van der Waals surface area contributed by atoms with Crippen molar-refractivity contribution in [1.29, 1.82) is 0 Å². The number of aromatic nitrogens is 5. The van der Waals surface area contributed by atoms with Crippen LogP contribution in [0.4, 0.5) is 6.01 Å². The molecule has 0 aliphatic carbocycles. The van der Waals surface area contributed by atoms with Gasteiger partial charge in [0.15, 0.2) is 16.8 Å². The molecule has 0 bridgehead atoms. The molecule has 1 aromatic carbocycles. The molecule has 2 heterocycles. The highest BCUT2D eigenvalue weighted by atomic mass is 35.5. The maximum absolute atomic E-state index is 11.9. The van der Waals surface area contributed by atoms with Crippen LogP contribution in [0.15, 0.2) is 33.9 Å². The normalized spacial score (nSPS) is 10.8. The summed E-state index contributed by atoms with van der Waals surface area (Å²) in [4.78, 5) is 15.8. The first-order chi connectivity index (χ1) is 11.5. The zero-order valence-corrected chi connectivity index (χ0v) is 14.4. The Morgan fingerprint density at radius 3 is 2.75 bits per heavy atom. The molecule has 0 unspecified atom stereocenters. The van der Waals surface area contributed by atoms with E-state index >= 15 is 0 Å². The molecule has 0 aliphatic heterocycles. The molecule has 8 nitrogen and oxygen atoms in total. The SMILES string of the molecule is Cc1noc(NC(=O)CSc2nnc(-c3ccc(Cl)cc3)n2C)n1. The van der Waals surface area contributed by atoms with Crippen LogP contribution in [0.3, 0.4) is 0 Å². The van der Waals surface area contributed by atoms with E-state index in [1.807, 2.05) is 23.7 Å². The Labute approximate surface area is 146 Å².